The highest BCUT2D eigenvalue weighted by atomic mass is 16.5. The van der Waals surface area contributed by atoms with Gasteiger partial charge in [0, 0.05) is 0 Å². The quantitative estimate of drug-likeness (QED) is 0.463. The second-order valence-electron chi connectivity index (χ2n) is 8.92. The Morgan fingerprint density at radius 2 is 1.72 bits per heavy atom. The maximum atomic E-state index is 13.0. The summed E-state index contributed by atoms with van der Waals surface area (Å²) < 4.78 is 10.7. The van der Waals surface area contributed by atoms with E-state index < -0.39 is 35.3 Å². The van der Waals surface area contributed by atoms with Gasteiger partial charge in [-0.3, -0.25) is 14.4 Å². The zero-order chi connectivity index (χ0) is 25.9. The van der Waals surface area contributed by atoms with Gasteiger partial charge in [0.25, 0.3) is 17.7 Å². The Labute approximate surface area is 209 Å². The number of ether oxygens (including phenoxy) is 2. The lowest BCUT2D eigenvalue weighted by molar-refractivity contribution is -0.130. The molecule has 36 heavy (non-hydrogen) atoms. The highest BCUT2D eigenvalue weighted by Crippen LogP contribution is 2.31. The van der Waals surface area contributed by atoms with Gasteiger partial charge in [0.1, 0.15) is 11.3 Å². The first-order chi connectivity index (χ1) is 17.3. The summed E-state index contributed by atoms with van der Waals surface area (Å²) in [6, 6.07) is 12.8. The number of fused-ring (bicyclic) bond motifs is 1. The number of anilines is 1. The van der Waals surface area contributed by atoms with Gasteiger partial charge in [0.05, 0.1) is 35.1 Å². The lowest BCUT2D eigenvalue weighted by Crippen LogP contribution is -2.52. The van der Waals surface area contributed by atoms with Crippen LogP contribution in [-0.4, -0.2) is 41.9 Å². The van der Waals surface area contributed by atoms with Crippen LogP contribution in [0.15, 0.2) is 42.5 Å². The summed E-state index contributed by atoms with van der Waals surface area (Å²) in [5.41, 5.74) is -0.278. The smallest absolute Gasteiger partial charge is 0.338 e. The van der Waals surface area contributed by atoms with Crippen LogP contribution in [0.5, 0.6) is 5.75 Å². The molecule has 0 radical (unpaired) electrons. The van der Waals surface area contributed by atoms with Gasteiger partial charge in [-0.2, -0.15) is 5.26 Å². The van der Waals surface area contributed by atoms with Crippen molar-refractivity contribution in [2.75, 3.05) is 11.5 Å². The molecule has 9 nitrogen and oxygen atoms in total. The number of benzene rings is 2. The predicted octanol–water partition coefficient (Wildman–Crippen LogP) is 3.77. The fourth-order valence-corrected chi connectivity index (χ4v) is 4.50. The second kappa shape index (κ2) is 10.2. The van der Waals surface area contributed by atoms with Crippen molar-refractivity contribution in [3.63, 3.8) is 0 Å². The van der Waals surface area contributed by atoms with Gasteiger partial charge in [-0.05, 0) is 69.2 Å². The Bertz CT molecular complexity index is 1240. The fraction of sp³-hybridized carbons (Fsp3) is 0.370. The summed E-state index contributed by atoms with van der Waals surface area (Å²) in [4.78, 5) is 52.4. The number of nitrogens with zero attached hydrogens (tertiary/aromatic N) is 2. The number of hydrogen-bond donors (Lipinski definition) is 1. The summed E-state index contributed by atoms with van der Waals surface area (Å²) in [6.45, 7) is 3.77. The summed E-state index contributed by atoms with van der Waals surface area (Å²) >= 11 is 0. The monoisotopic (exact) mass is 489 g/mol. The number of rotatable bonds is 7. The van der Waals surface area contributed by atoms with Gasteiger partial charge in [-0.25, -0.2) is 9.69 Å². The number of imide groups is 1. The van der Waals surface area contributed by atoms with Crippen LogP contribution in [0, 0.1) is 11.3 Å². The molecule has 2 aliphatic rings. The lowest BCUT2D eigenvalue weighted by atomic mass is 9.83. The predicted molar refractivity (Wildman–Crippen MR) is 130 cm³/mol. The number of carbonyl (C=O) groups is 4. The molecule has 0 bridgehead atoms. The molecule has 9 heteroatoms. The van der Waals surface area contributed by atoms with E-state index in [1.165, 1.54) is 25.1 Å². The van der Waals surface area contributed by atoms with Crippen molar-refractivity contribution in [1.82, 2.24) is 5.32 Å². The third-order valence-corrected chi connectivity index (χ3v) is 6.46. The van der Waals surface area contributed by atoms with E-state index in [2.05, 4.69) is 11.4 Å². The van der Waals surface area contributed by atoms with Crippen molar-refractivity contribution in [3.8, 4) is 11.8 Å². The molecule has 0 saturated heterocycles. The number of amides is 3. The molecule has 1 atom stereocenters. The van der Waals surface area contributed by atoms with E-state index in [9.17, 15) is 24.4 Å². The van der Waals surface area contributed by atoms with Crippen LogP contribution in [0.3, 0.4) is 0 Å². The van der Waals surface area contributed by atoms with Crippen LogP contribution in [-0.2, 0) is 9.53 Å². The van der Waals surface area contributed by atoms with Gasteiger partial charge in [-0.1, -0.05) is 19.3 Å². The van der Waals surface area contributed by atoms with Crippen LogP contribution < -0.4 is 15.0 Å². The average molecular weight is 490 g/mol. The minimum atomic E-state index is -1.14. The first-order valence-electron chi connectivity index (χ1n) is 12.0. The average Bonchev–Trinajstić information content (AvgIpc) is 3.14. The maximum Gasteiger partial charge on any atom is 0.338 e. The van der Waals surface area contributed by atoms with E-state index in [1.54, 1.807) is 24.3 Å². The highest BCUT2D eigenvalue weighted by Gasteiger charge is 2.38. The Morgan fingerprint density at radius 1 is 1.06 bits per heavy atom. The highest BCUT2D eigenvalue weighted by molar-refractivity contribution is 6.34. The summed E-state index contributed by atoms with van der Waals surface area (Å²) in [7, 11) is 0. The summed E-state index contributed by atoms with van der Waals surface area (Å²) in [5.74, 6) is -1.81. The van der Waals surface area contributed by atoms with E-state index in [1.807, 2.05) is 6.92 Å². The van der Waals surface area contributed by atoms with Crippen molar-refractivity contribution >= 4 is 29.4 Å². The first kappa shape index (κ1) is 24.9. The van der Waals surface area contributed by atoms with Crippen LogP contribution >= 0.6 is 0 Å². The number of carbonyl (C=O) groups excluding carboxylic acids is 4. The fourth-order valence-electron chi connectivity index (χ4n) is 4.50. The Kier molecular flexibility index (Phi) is 7.06. The molecule has 1 aliphatic carbocycles. The number of nitriles is 1. The minimum absolute atomic E-state index is 0.0377. The van der Waals surface area contributed by atoms with Gasteiger partial charge in [0.2, 0.25) is 0 Å². The molecule has 4 rings (SSSR count). The topological polar surface area (TPSA) is 126 Å². The van der Waals surface area contributed by atoms with Gasteiger partial charge < -0.3 is 14.8 Å². The minimum Gasteiger partial charge on any atom is -0.494 e. The Balaban J connectivity index is 1.46. The molecule has 1 heterocycles. The Morgan fingerprint density at radius 3 is 2.36 bits per heavy atom. The van der Waals surface area contributed by atoms with E-state index in [0.29, 0.717) is 30.9 Å². The van der Waals surface area contributed by atoms with E-state index >= 15 is 0 Å². The molecule has 2 aromatic rings. The van der Waals surface area contributed by atoms with E-state index in [0.717, 1.165) is 24.2 Å². The summed E-state index contributed by atoms with van der Waals surface area (Å²) in [5, 5.41) is 12.3. The van der Waals surface area contributed by atoms with Crippen molar-refractivity contribution in [3.05, 3.63) is 59.2 Å². The van der Waals surface area contributed by atoms with Crippen LogP contribution in [0.25, 0.3) is 0 Å². The number of nitrogens with one attached hydrogen (secondary N) is 1. The van der Waals surface area contributed by atoms with Crippen molar-refractivity contribution in [2.45, 2.75) is 57.6 Å². The third kappa shape index (κ3) is 4.80. The normalized spacial score (nSPS) is 17.1. The van der Waals surface area contributed by atoms with Crippen molar-refractivity contribution < 1.29 is 28.7 Å². The molecule has 3 amide bonds. The molecule has 1 aliphatic heterocycles. The van der Waals surface area contributed by atoms with Gasteiger partial charge in [-0.15, -0.1) is 0 Å². The molecule has 0 spiro atoms. The standard InChI is InChI=1S/C27H27N3O6/c1-3-35-20-10-8-19(9-11-20)30-24(32)21-12-7-18(15-22(21)25(30)33)26(34)36-17(2)23(31)29-27(16-28)13-5-4-6-14-27/h7-12,15,17H,3-6,13-14H2,1-2H3,(H,29,31)/t17-/m1/s1. The molecule has 186 valence electrons. The molecular formula is C27H27N3O6. The lowest BCUT2D eigenvalue weighted by Gasteiger charge is -2.32. The second-order valence-corrected chi connectivity index (χ2v) is 8.92. The molecular weight excluding hydrogens is 462 g/mol. The SMILES string of the molecule is CCOc1ccc(N2C(=O)c3ccc(C(=O)O[C@H](C)C(=O)NC4(C#N)CCCCC4)cc3C2=O)cc1. The van der Waals surface area contributed by atoms with Gasteiger partial charge >= 0.3 is 5.97 Å². The molecule has 0 aromatic heterocycles. The van der Waals surface area contributed by atoms with E-state index in [4.69, 9.17) is 9.47 Å². The molecule has 1 N–H and O–H groups in total. The van der Waals surface area contributed by atoms with Crippen molar-refractivity contribution in [2.24, 2.45) is 0 Å². The maximum absolute atomic E-state index is 13.0. The largest absolute Gasteiger partial charge is 0.494 e. The molecule has 2 aromatic carbocycles. The third-order valence-electron chi connectivity index (χ3n) is 6.46. The molecule has 0 unspecified atom stereocenters. The molecule has 1 fully saturated rings. The first-order valence-corrected chi connectivity index (χ1v) is 12.0. The zero-order valence-corrected chi connectivity index (χ0v) is 20.2. The van der Waals surface area contributed by atoms with Crippen molar-refractivity contribution in [1.29, 1.82) is 5.26 Å². The molecule has 1 saturated carbocycles. The van der Waals surface area contributed by atoms with Crippen LogP contribution in [0.1, 0.15) is 77.0 Å². The number of hydrogen-bond acceptors (Lipinski definition) is 7. The van der Waals surface area contributed by atoms with E-state index in [-0.39, 0.29) is 16.7 Å². The number of esters is 1. The zero-order valence-electron chi connectivity index (χ0n) is 20.2. The van der Waals surface area contributed by atoms with Crippen LogP contribution in [0.4, 0.5) is 5.69 Å². The van der Waals surface area contributed by atoms with Crippen LogP contribution in [0.2, 0.25) is 0 Å². The summed E-state index contributed by atoms with van der Waals surface area (Å²) in [6.07, 6.45) is 2.67. The van der Waals surface area contributed by atoms with Gasteiger partial charge in [0.15, 0.2) is 6.10 Å². The Hall–Kier alpha value is -4.19.